The average Bonchev–Trinajstić information content (AvgIpc) is 3.03. The third kappa shape index (κ3) is 3.98. The number of hydrogen-bond acceptors (Lipinski definition) is 3. The second-order valence-electron chi connectivity index (χ2n) is 6.87. The van der Waals surface area contributed by atoms with Crippen LogP contribution in [-0.2, 0) is 29.0 Å². The van der Waals surface area contributed by atoms with Gasteiger partial charge in [0.15, 0.2) is 0 Å². The van der Waals surface area contributed by atoms with Crippen LogP contribution in [0.2, 0.25) is 0 Å². The summed E-state index contributed by atoms with van der Waals surface area (Å²) in [6.07, 6.45) is -3.03. The van der Waals surface area contributed by atoms with Crippen LogP contribution in [0.3, 0.4) is 0 Å². The number of aryl methyl sites for hydroxylation is 1. The van der Waals surface area contributed by atoms with Crippen LogP contribution in [0.5, 0.6) is 5.75 Å². The average molecular weight is 389 g/mol. The van der Waals surface area contributed by atoms with E-state index in [0.29, 0.717) is 24.6 Å². The molecule has 1 unspecified atom stereocenters. The standard InChI is InChI=1S/C21H18F3NO3/c22-21(23,24)28-15-7-9-19-17(11-15)16-10-14(6-8-18(16)25-19)20(26)27-12-13-4-2-1-3-5-13/h1-5,7,9,11,14,25H,6,8,10,12H2. The molecule has 0 bridgehead atoms. The summed E-state index contributed by atoms with van der Waals surface area (Å²) in [6, 6.07) is 13.6. The number of carbonyl (C=O) groups excluding carboxylic acids is 1. The number of hydrogen-bond donors (Lipinski definition) is 1. The Kier molecular flexibility index (Phi) is 4.75. The Morgan fingerprint density at radius 2 is 1.93 bits per heavy atom. The van der Waals surface area contributed by atoms with Crippen LogP contribution < -0.4 is 4.74 Å². The van der Waals surface area contributed by atoms with E-state index < -0.39 is 6.36 Å². The van der Waals surface area contributed by atoms with Crippen molar-refractivity contribution in [3.8, 4) is 5.75 Å². The molecule has 4 nitrogen and oxygen atoms in total. The molecule has 1 aromatic heterocycles. The molecule has 0 saturated heterocycles. The molecule has 1 aliphatic rings. The first-order valence-electron chi connectivity index (χ1n) is 8.99. The number of rotatable bonds is 4. The molecular weight excluding hydrogens is 371 g/mol. The van der Waals surface area contributed by atoms with E-state index in [9.17, 15) is 18.0 Å². The highest BCUT2D eigenvalue weighted by atomic mass is 19.4. The number of ether oxygens (including phenoxy) is 2. The van der Waals surface area contributed by atoms with E-state index in [1.807, 2.05) is 30.3 Å². The van der Waals surface area contributed by atoms with Gasteiger partial charge in [0.05, 0.1) is 5.92 Å². The van der Waals surface area contributed by atoms with Crippen LogP contribution in [0.25, 0.3) is 10.9 Å². The maximum absolute atomic E-state index is 12.5. The smallest absolute Gasteiger partial charge is 0.461 e. The fraction of sp³-hybridized carbons (Fsp3) is 0.286. The Bertz CT molecular complexity index is 995. The molecule has 7 heteroatoms. The van der Waals surface area contributed by atoms with Gasteiger partial charge >= 0.3 is 12.3 Å². The van der Waals surface area contributed by atoms with E-state index >= 15 is 0 Å². The number of halogens is 3. The predicted octanol–water partition coefficient (Wildman–Crippen LogP) is 4.91. The summed E-state index contributed by atoms with van der Waals surface area (Å²) in [6.45, 7) is 0.209. The molecule has 0 amide bonds. The Hall–Kier alpha value is -2.96. The van der Waals surface area contributed by atoms with E-state index in [-0.39, 0.29) is 24.2 Å². The third-order valence-corrected chi connectivity index (χ3v) is 4.95. The van der Waals surface area contributed by atoms with Crippen LogP contribution in [0.15, 0.2) is 48.5 Å². The number of esters is 1. The van der Waals surface area contributed by atoms with Gasteiger partial charge in [-0.1, -0.05) is 30.3 Å². The van der Waals surface area contributed by atoms with E-state index in [1.165, 1.54) is 12.1 Å². The molecule has 0 spiro atoms. The van der Waals surface area contributed by atoms with Gasteiger partial charge in [0.1, 0.15) is 12.4 Å². The number of fused-ring (bicyclic) bond motifs is 3. The van der Waals surface area contributed by atoms with Crippen molar-refractivity contribution in [3.63, 3.8) is 0 Å². The quantitative estimate of drug-likeness (QED) is 0.645. The zero-order valence-electron chi connectivity index (χ0n) is 14.9. The van der Waals surface area contributed by atoms with Crippen LogP contribution in [0, 0.1) is 5.92 Å². The number of H-pyrrole nitrogens is 1. The number of aromatic nitrogens is 1. The van der Waals surface area contributed by atoms with E-state index in [1.54, 1.807) is 6.07 Å². The summed E-state index contributed by atoms with van der Waals surface area (Å²) in [5.41, 5.74) is 3.45. The number of alkyl halides is 3. The zero-order valence-corrected chi connectivity index (χ0v) is 14.9. The lowest BCUT2D eigenvalue weighted by Gasteiger charge is -2.21. The SMILES string of the molecule is O=C(OCc1ccccc1)C1CCc2[nH]c3ccc(OC(F)(F)F)cc3c2C1. The molecule has 2 aromatic carbocycles. The third-order valence-electron chi connectivity index (χ3n) is 4.95. The lowest BCUT2D eigenvalue weighted by Crippen LogP contribution is -2.24. The van der Waals surface area contributed by atoms with Crippen LogP contribution in [0.1, 0.15) is 23.2 Å². The molecule has 1 atom stereocenters. The molecule has 1 heterocycles. The molecule has 0 fully saturated rings. The first-order valence-corrected chi connectivity index (χ1v) is 8.99. The van der Waals surface area contributed by atoms with Crippen LogP contribution in [0.4, 0.5) is 13.2 Å². The molecule has 28 heavy (non-hydrogen) atoms. The topological polar surface area (TPSA) is 51.3 Å². The number of benzene rings is 2. The lowest BCUT2D eigenvalue weighted by molar-refractivity contribution is -0.274. The summed E-state index contributed by atoms with van der Waals surface area (Å²) in [5, 5.41) is 0.650. The van der Waals surface area contributed by atoms with Crippen molar-refractivity contribution in [3.05, 3.63) is 65.4 Å². The van der Waals surface area contributed by atoms with Gasteiger partial charge in [-0.05, 0) is 48.6 Å². The highest BCUT2D eigenvalue weighted by molar-refractivity contribution is 5.87. The molecule has 1 N–H and O–H groups in total. The predicted molar refractivity (Wildman–Crippen MR) is 96.7 cm³/mol. The summed E-state index contributed by atoms with van der Waals surface area (Å²) in [5.74, 6) is -0.871. The van der Waals surface area contributed by atoms with E-state index in [4.69, 9.17) is 4.74 Å². The Labute approximate surface area is 159 Å². The summed E-state index contributed by atoms with van der Waals surface area (Å²) in [4.78, 5) is 15.7. The summed E-state index contributed by atoms with van der Waals surface area (Å²) in [7, 11) is 0. The molecule has 1 aliphatic carbocycles. The second-order valence-corrected chi connectivity index (χ2v) is 6.87. The largest absolute Gasteiger partial charge is 0.573 e. The normalized spacial score (nSPS) is 16.6. The minimum atomic E-state index is -4.74. The van der Waals surface area contributed by atoms with Crippen LogP contribution in [-0.4, -0.2) is 17.3 Å². The van der Waals surface area contributed by atoms with Gasteiger partial charge in [-0.2, -0.15) is 0 Å². The molecule has 0 saturated carbocycles. The zero-order chi connectivity index (χ0) is 19.7. The highest BCUT2D eigenvalue weighted by Gasteiger charge is 2.32. The van der Waals surface area contributed by atoms with Crippen molar-refractivity contribution in [2.24, 2.45) is 5.92 Å². The van der Waals surface area contributed by atoms with Gasteiger partial charge in [0.25, 0.3) is 0 Å². The summed E-state index contributed by atoms with van der Waals surface area (Å²) >= 11 is 0. The van der Waals surface area contributed by atoms with Gasteiger partial charge in [-0.15, -0.1) is 13.2 Å². The molecule has 0 aliphatic heterocycles. The first kappa shape index (κ1) is 18.4. The van der Waals surface area contributed by atoms with Crippen LogP contribution >= 0.6 is 0 Å². The molecular formula is C21H18F3NO3. The van der Waals surface area contributed by atoms with Crippen molar-refractivity contribution in [1.82, 2.24) is 4.98 Å². The maximum atomic E-state index is 12.5. The molecule has 146 valence electrons. The molecule has 0 radical (unpaired) electrons. The Morgan fingerprint density at radius 1 is 1.14 bits per heavy atom. The lowest BCUT2D eigenvalue weighted by atomic mass is 9.86. The van der Waals surface area contributed by atoms with Crippen molar-refractivity contribution in [2.45, 2.75) is 32.2 Å². The monoisotopic (exact) mass is 389 g/mol. The van der Waals surface area contributed by atoms with Crippen molar-refractivity contribution in [2.75, 3.05) is 0 Å². The number of aromatic amines is 1. The van der Waals surface area contributed by atoms with Crippen molar-refractivity contribution >= 4 is 16.9 Å². The Balaban J connectivity index is 1.51. The van der Waals surface area contributed by atoms with E-state index in [0.717, 1.165) is 22.3 Å². The van der Waals surface area contributed by atoms with Gasteiger partial charge in [0, 0.05) is 16.6 Å². The fourth-order valence-electron chi connectivity index (χ4n) is 3.64. The van der Waals surface area contributed by atoms with Gasteiger partial charge in [-0.25, -0.2) is 0 Å². The Morgan fingerprint density at radius 3 is 2.68 bits per heavy atom. The van der Waals surface area contributed by atoms with Gasteiger partial charge in [-0.3, -0.25) is 4.79 Å². The fourth-order valence-corrected chi connectivity index (χ4v) is 3.64. The minimum absolute atomic E-state index is 0.209. The van der Waals surface area contributed by atoms with E-state index in [2.05, 4.69) is 9.72 Å². The van der Waals surface area contributed by atoms with Crippen molar-refractivity contribution in [1.29, 1.82) is 0 Å². The van der Waals surface area contributed by atoms with Gasteiger partial charge in [0.2, 0.25) is 0 Å². The summed E-state index contributed by atoms with van der Waals surface area (Å²) < 4.78 is 47.0. The minimum Gasteiger partial charge on any atom is -0.461 e. The molecule has 3 aromatic rings. The first-order chi connectivity index (χ1) is 13.4. The van der Waals surface area contributed by atoms with Gasteiger partial charge < -0.3 is 14.5 Å². The number of carbonyl (C=O) groups is 1. The maximum Gasteiger partial charge on any atom is 0.573 e. The highest BCUT2D eigenvalue weighted by Crippen LogP contribution is 2.35. The number of nitrogens with one attached hydrogen (secondary N) is 1. The second kappa shape index (κ2) is 7.22. The molecule has 4 rings (SSSR count). The van der Waals surface area contributed by atoms with Crippen molar-refractivity contribution < 1.29 is 27.4 Å².